The van der Waals surface area contributed by atoms with Gasteiger partial charge < -0.3 is 10.1 Å². The zero-order valence-corrected chi connectivity index (χ0v) is 14.0. The Balaban J connectivity index is 1.89. The van der Waals surface area contributed by atoms with Crippen LogP contribution in [0.2, 0.25) is 0 Å². The van der Waals surface area contributed by atoms with Crippen molar-refractivity contribution in [3.63, 3.8) is 0 Å². The third-order valence-corrected chi connectivity index (χ3v) is 3.77. The maximum atomic E-state index is 12.4. The zero-order chi connectivity index (χ0) is 18.4. The lowest BCUT2D eigenvalue weighted by Crippen LogP contribution is -2.43. The molecule has 7 heteroatoms. The van der Waals surface area contributed by atoms with Gasteiger partial charge in [-0.05, 0) is 18.6 Å². The highest BCUT2D eigenvalue weighted by atomic mass is 16.5. The molecule has 0 spiro atoms. The van der Waals surface area contributed by atoms with Crippen LogP contribution in [0.25, 0.3) is 0 Å². The number of hydrogen-bond acceptors (Lipinski definition) is 5. The van der Waals surface area contributed by atoms with E-state index in [1.807, 2.05) is 0 Å². The van der Waals surface area contributed by atoms with Crippen LogP contribution < -0.4 is 5.32 Å². The Bertz CT molecular complexity index is 713. The molecule has 25 heavy (non-hydrogen) atoms. The number of carbonyl (C=O) groups is 4. The van der Waals surface area contributed by atoms with Gasteiger partial charge in [-0.15, -0.1) is 6.58 Å². The van der Waals surface area contributed by atoms with Gasteiger partial charge in [0.1, 0.15) is 0 Å². The topological polar surface area (TPSA) is 92.8 Å². The lowest BCUT2D eigenvalue weighted by molar-refractivity contribution is -0.155. The highest BCUT2D eigenvalue weighted by Gasteiger charge is 2.31. The van der Waals surface area contributed by atoms with E-state index in [-0.39, 0.29) is 31.8 Å². The standard InChI is InChI=1S/C18H20N2O5/c1-3-9-19-17(23)12(2)25-16(22)8-10-20-15(21)11-13-6-4-5-7-14(13)18(20)24/h3-7,12H,1,8-11H2,2H3,(H,19,23)/t12-/m1/s1. The van der Waals surface area contributed by atoms with E-state index in [1.165, 1.54) is 13.0 Å². The molecule has 3 amide bonds. The van der Waals surface area contributed by atoms with Crippen LogP contribution in [0.4, 0.5) is 0 Å². The first kappa shape index (κ1) is 18.4. The molecule has 0 aliphatic carbocycles. The number of nitrogens with one attached hydrogen (secondary N) is 1. The first-order valence-corrected chi connectivity index (χ1v) is 7.94. The lowest BCUT2D eigenvalue weighted by Gasteiger charge is -2.26. The smallest absolute Gasteiger partial charge is 0.308 e. The minimum Gasteiger partial charge on any atom is -0.452 e. The summed E-state index contributed by atoms with van der Waals surface area (Å²) in [7, 11) is 0. The van der Waals surface area contributed by atoms with E-state index < -0.39 is 23.9 Å². The maximum absolute atomic E-state index is 12.4. The number of carbonyl (C=O) groups excluding carboxylic acids is 4. The van der Waals surface area contributed by atoms with E-state index in [9.17, 15) is 19.2 Å². The lowest BCUT2D eigenvalue weighted by atomic mass is 9.98. The summed E-state index contributed by atoms with van der Waals surface area (Å²) in [6.07, 6.45) is 0.509. The van der Waals surface area contributed by atoms with E-state index in [4.69, 9.17) is 4.74 Å². The van der Waals surface area contributed by atoms with Crippen LogP contribution in [0.1, 0.15) is 29.3 Å². The van der Waals surface area contributed by atoms with Gasteiger partial charge >= 0.3 is 5.97 Å². The van der Waals surface area contributed by atoms with Crippen molar-refractivity contribution in [3.05, 3.63) is 48.0 Å². The Morgan fingerprint density at radius 3 is 2.80 bits per heavy atom. The number of benzene rings is 1. The second-order valence-corrected chi connectivity index (χ2v) is 5.60. The SMILES string of the molecule is C=CCNC(=O)[C@@H](C)OC(=O)CCN1C(=O)Cc2ccccc2C1=O. The van der Waals surface area contributed by atoms with Gasteiger partial charge in [0.2, 0.25) is 5.91 Å². The van der Waals surface area contributed by atoms with Crippen molar-refractivity contribution in [3.8, 4) is 0 Å². The Hall–Kier alpha value is -2.96. The molecule has 1 heterocycles. The van der Waals surface area contributed by atoms with Gasteiger partial charge in [-0.2, -0.15) is 0 Å². The van der Waals surface area contributed by atoms with Crippen LogP contribution in [0.5, 0.6) is 0 Å². The normalized spacial score (nSPS) is 14.5. The summed E-state index contributed by atoms with van der Waals surface area (Å²) in [5.74, 6) is -1.86. The van der Waals surface area contributed by atoms with E-state index in [0.717, 1.165) is 4.90 Å². The van der Waals surface area contributed by atoms with Crippen molar-refractivity contribution in [2.45, 2.75) is 25.9 Å². The highest BCUT2D eigenvalue weighted by Crippen LogP contribution is 2.19. The minimum absolute atomic E-state index is 0.0775. The zero-order valence-electron chi connectivity index (χ0n) is 14.0. The number of fused-ring (bicyclic) bond motifs is 1. The van der Waals surface area contributed by atoms with Gasteiger partial charge in [0, 0.05) is 18.7 Å². The van der Waals surface area contributed by atoms with Crippen molar-refractivity contribution in [2.75, 3.05) is 13.1 Å². The van der Waals surface area contributed by atoms with Crippen LogP contribution in [0.3, 0.4) is 0 Å². The number of imide groups is 1. The third-order valence-electron chi connectivity index (χ3n) is 3.77. The molecule has 1 aromatic carbocycles. The first-order chi connectivity index (χ1) is 11.9. The third kappa shape index (κ3) is 4.53. The largest absolute Gasteiger partial charge is 0.452 e. The summed E-state index contributed by atoms with van der Waals surface area (Å²) < 4.78 is 5.01. The number of esters is 1. The molecule has 1 aliphatic rings. The summed E-state index contributed by atoms with van der Waals surface area (Å²) >= 11 is 0. The summed E-state index contributed by atoms with van der Waals surface area (Å²) in [5.41, 5.74) is 1.15. The van der Waals surface area contributed by atoms with Crippen LogP contribution in [0.15, 0.2) is 36.9 Å². The highest BCUT2D eigenvalue weighted by molar-refractivity contribution is 6.09. The molecule has 1 aromatic rings. The Morgan fingerprint density at radius 1 is 1.36 bits per heavy atom. The van der Waals surface area contributed by atoms with Crippen LogP contribution in [-0.4, -0.2) is 47.8 Å². The molecule has 0 radical (unpaired) electrons. The molecule has 7 nitrogen and oxygen atoms in total. The number of nitrogens with zero attached hydrogens (tertiary/aromatic N) is 1. The summed E-state index contributed by atoms with van der Waals surface area (Å²) in [5, 5.41) is 2.52. The van der Waals surface area contributed by atoms with Gasteiger partial charge in [0.15, 0.2) is 6.10 Å². The number of rotatable bonds is 7. The average molecular weight is 344 g/mol. The van der Waals surface area contributed by atoms with Crippen molar-refractivity contribution >= 4 is 23.7 Å². The van der Waals surface area contributed by atoms with Gasteiger partial charge in [-0.3, -0.25) is 24.1 Å². The van der Waals surface area contributed by atoms with Gasteiger partial charge in [0.05, 0.1) is 12.8 Å². The average Bonchev–Trinajstić information content (AvgIpc) is 2.59. The molecule has 0 bridgehead atoms. The van der Waals surface area contributed by atoms with Crippen molar-refractivity contribution in [1.82, 2.24) is 10.2 Å². The number of amides is 3. The molecule has 132 valence electrons. The van der Waals surface area contributed by atoms with Crippen molar-refractivity contribution < 1.29 is 23.9 Å². The predicted molar refractivity (Wildman–Crippen MR) is 89.6 cm³/mol. The molecule has 1 atom stereocenters. The Morgan fingerprint density at radius 2 is 2.08 bits per heavy atom. The molecule has 1 N–H and O–H groups in total. The Kier molecular flexibility index (Phi) is 6.05. The van der Waals surface area contributed by atoms with Crippen LogP contribution in [-0.2, 0) is 25.5 Å². The number of hydrogen-bond donors (Lipinski definition) is 1. The monoisotopic (exact) mass is 344 g/mol. The molecule has 1 aliphatic heterocycles. The first-order valence-electron chi connectivity index (χ1n) is 7.94. The van der Waals surface area contributed by atoms with Gasteiger partial charge in [-0.25, -0.2) is 0 Å². The molecule has 0 fully saturated rings. The quantitative estimate of drug-likeness (QED) is 0.449. The second-order valence-electron chi connectivity index (χ2n) is 5.60. The van der Waals surface area contributed by atoms with Crippen LogP contribution in [0, 0.1) is 0 Å². The summed E-state index contributed by atoms with van der Waals surface area (Å²) in [4.78, 5) is 49.0. The molecule has 0 aromatic heterocycles. The van der Waals surface area contributed by atoms with E-state index in [2.05, 4.69) is 11.9 Å². The van der Waals surface area contributed by atoms with E-state index in [1.54, 1.807) is 24.3 Å². The number of ether oxygens (including phenoxy) is 1. The van der Waals surface area contributed by atoms with Gasteiger partial charge in [0.25, 0.3) is 11.8 Å². The summed E-state index contributed by atoms with van der Waals surface area (Å²) in [6.45, 7) is 5.12. The fraction of sp³-hybridized carbons (Fsp3) is 0.333. The fourth-order valence-corrected chi connectivity index (χ4v) is 2.46. The Labute approximate surface area is 145 Å². The molecule has 0 saturated heterocycles. The fourth-order valence-electron chi connectivity index (χ4n) is 2.46. The molecular formula is C18H20N2O5. The minimum atomic E-state index is -0.957. The van der Waals surface area contributed by atoms with E-state index >= 15 is 0 Å². The van der Waals surface area contributed by atoms with Crippen molar-refractivity contribution in [1.29, 1.82) is 0 Å². The molecule has 2 rings (SSSR count). The molecular weight excluding hydrogens is 324 g/mol. The van der Waals surface area contributed by atoms with Crippen LogP contribution >= 0.6 is 0 Å². The summed E-state index contributed by atoms with van der Waals surface area (Å²) in [6, 6.07) is 6.88. The predicted octanol–water partition coefficient (Wildman–Crippen LogP) is 0.835. The van der Waals surface area contributed by atoms with Gasteiger partial charge in [-0.1, -0.05) is 24.3 Å². The maximum Gasteiger partial charge on any atom is 0.308 e. The van der Waals surface area contributed by atoms with Crippen molar-refractivity contribution in [2.24, 2.45) is 0 Å². The second kappa shape index (κ2) is 8.23. The molecule has 0 unspecified atom stereocenters. The van der Waals surface area contributed by atoms with E-state index in [0.29, 0.717) is 11.1 Å². The molecule has 0 saturated carbocycles.